The van der Waals surface area contributed by atoms with E-state index in [4.69, 9.17) is 0 Å². The van der Waals surface area contributed by atoms with E-state index in [9.17, 15) is 17.6 Å². The van der Waals surface area contributed by atoms with E-state index in [0.29, 0.717) is 32.7 Å². The van der Waals surface area contributed by atoms with Crippen molar-refractivity contribution >= 4 is 21.6 Å². The van der Waals surface area contributed by atoms with Crippen LogP contribution in [0.4, 0.5) is 10.1 Å². The van der Waals surface area contributed by atoms with Crippen LogP contribution in [-0.4, -0.2) is 51.4 Å². The largest absolute Gasteiger partial charge is 0.325 e. The Morgan fingerprint density at radius 1 is 1.11 bits per heavy atom. The van der Waals surface area contributed by atoms with Crippen LogP contribution in [0.3, 0.4) is 0 Å². The number of carbonyl (C=O) groups excluding carboxylic acids is 1. The van der Waals surface area contributed by atoms with Crippen molar-refractivity contribution in [1.82, 2.24) is 4.31 Å². The summed E-state index contributed by atoms with van der Waals surface area (Å²) in [5, 5.41) is 2.95. The number of anilines is 1. The minimum Gasteiger partial charge on any atom is -0.325 e. The van der Waals surface area contributed by atoms with Crippen molar-refractivity contribution in [2.75, 3.05) is 38.0 Å². The molecule has 6 nitrogen and oxygen atoms in total. The van der Waals surface area contributed by atoms with Gasteiger partial charge in [0.25, 0.3) is 5.91 Å². The van der Waals surface area contributed by atoms with E-state index < -0.39 is 15.8 Å². The average molecular weight is 407 g/mol. The predicted molar refractivity (Wildman–Crippen MR) is 105 cm³/mol. The second-order valence-corrected chi connectivity index (χ2v) is 8.78. The van der Waals surface area contributed by atoms with Crippen LogP contribution in [0.15, 0.2) is 53.4 Å². The maximum absolute atomic E-state index is 13.0. The first-order valence-corrected chi connectivity index (χ1v) is 10.8. The number of rotatable bonds is 6. The molecular weight excluding hydrogens is 381 g/mol. The van der Waals surface area contributed by atoms with Crippen molar-refractivity contribution in [3.05, 3.63) is 59.9 Å². The maximum Gasteiger partial charge on any atom is 0.279 e. The smallest absolute Gasteiger partial charge is 0.279 e. The molecule has 3 rings (SSSR count). The van der Waals surface area contributed by atoms with Gasteiger partial charge in [0.05, 0.1) is 31.1 Å². The molecule has 8 heteroatoms. The molecule has 150 valence electrons. The number of halogens is 1. The van der Waals surface area contributed by atoms with E-state index in [-0.39, 0.29) is 10.8 Å². The Kier molecular flexibility index (Phi) is 6.43. The third-order valence-electron chi connectivity index (χ3n) is 4.96. The Bertz CT molecular complexity index is 924. The van der Waals surface area contributed by atoms with Gasteiger partial charge in [-0.2, -0.15) is 4.31 Å². The number of nitrogens with one attached hydrogen (secondary N) is 2. The molecule has 1 aliphatic rings. The summed E-state index contributed by atoms with van der Waals surface area (Å²) in [6.07, 6.45) is 0.837. The highest BCUT2D eigenvalue weighted by molar-refractivity contribution is 7.89. The van der Waals surface area contributed by atoms with Gasteiger partial charge in [0.2, 0.25) is 10.0 Å². The summed E-state index contributed by atoms with van der Waals surface area (Å²) in [6, 6.07) is 12.6. The Morgan fingerprint density at radius 3 is 2.39 bits per heavy atom. The summed E-state index contributed by atoms with van der Waals surface area (Å²) in [4.78, 5) is 13.5. The highest BCUT2D eigenvalue weighted by Crippen LogP contribution is 2.16. The highest BCUT2D eigenvalue weighted by atomic mass is 32.2. The molecule has 0 unspecified atom stereocenters. The van der Waals surface area contributed by atoms with Crippen LogP contribution in [0.5, 0.6) is 0 Å². The lowest BCUT2D eigenvalue weighted by molar-refractivity contribution is -0.895. The molecule has 2 N–H and O–H groups in total. The number of carbonyl (C=O) groups is 1. The van der Waals surface area contributed by atoms with Gasteiger partial charge in [-0.15, -0.1) is 0 Å². The fourth-order valence-electron chi connectivity index (χ4n) is 3.35. The van der Waals surface area contributed by atoms with Crippen molar-refractivity contribution in [2.24, 2.45) is 0 Å². The van der Waals surface area contributed by atoms with E-state index in [2.05, 4.69) is 5.32 Å². The lowest BCUT2D eigenvalue weighted by atomic mass is 10.1. The lowest BCUT2D eigenvalue weighted by Crippen LogP contribution is -3.15. The molecule has 28 heavy (non-hydrogen) atoms. The Labute approximate surface area is 165 Å². The third kappa shape index (κ3) is 4.76. The molecule has 0 aliphatic carbocycles. The zero-order valence-electron chi connectivity index (χ0n) is 15.8. The molecule has 0 saturated carbocycles. The molecule has 0 aromatic heterocycles. The van der Waals surface area contributed by atoms with Crippen LogP contribution in [-0.2, 0) is 21.2 Å². The summed E-state index contributed by atoms with van der Waals surface area (Å²) in [6.45, 7) is 4.08. The molecule has 0 radical (unpaired) electrons. The first-order chi connectivity index (χ1) is 13.4. The van der Waals surface area contributed by atoms with Gasteiger partial charge in [0, 0.05) is 5.69 Å². The SMILES string of the molecule is CCc1ccccc1NC(=O)C[NH+]1CCN(S(=O)(=O)c2ccc(F)cc2)CC1. The Balaban J connectivity index is 1.55. The molecule has 1 amide bonds. The number of hydrogen-bond donors (Lipinski definition) is 2. The number of piperazine rings is 1. The third-order valence-corrected chi connectivity index (χ3v) is 6.88. The van der Waals surface area contributed by atoms with Crippen molar-refractivity contribution in [1.29, 1.82) is 0 Å². The molecule has 2 aromatic rings. The molecule has 2 aromatic carbocycles. The molecule has 1 saturated heterocycles. The number of aryl methyl sites for hydroxylation is 1. The van der Waals surface area contributed by atoms with E-state index >= 15 is 0 Å². The van der Waals surface area contributed by atoms with Crippen molar-refractivity contribution in [2.45, 2.75) is 18.2 Å². The predicted octanol–water partition coefficient (Wildman–Crippen LogP) is 0.916. The van der Waals surface area contributed by atoms with Crippen molar-refractivity contribution < 1.29 is 22.5 Å². The second kappa shape index (κ2) is 8.81. The number of amides is 1. The summed E-state index contributed by atoms with van der Waals surface area (Å²) in [5.74, 6) is -0.547. The van der Waals surface area contributed by atoms with Gasteiger partial charge in [-0.25, -0.2) is 12.8 Å². The Hall–Kier alpha value is -2.29. The summed E-state index contributed by atoms with van der Waals surface area (Å²) >= 11 is 0. The van der Waals surface area contributed by atoms with Crippen molar-refractivity contribution in [3.8, 4) is 0 Å². The van der Waals surface area contributed by atoms with E-state index in [1.54, 1.807) is 0 Å². The first-order valence-electron chi connectivity index (χ1n) is 9.37. The van der Waals surface area contributed by atoms with Gasteiger partial charge < -0.3 is 10.2 Å². The topological polar surface area (TPSA) is 70.9 Å². The highest BCUT2D eigenvalue weighted by Gasteiger charge is 2.31. The Morgan fingerprint density at radius 2 is 1.75 bits per heavy atom. The number of para-hydroxylation sites is 1. The molecule has 1 aliphatic heterocycles. The molecule has 0 bridgehead atoms. The first kappa shape index (κ1) is 20.4. The number of benzene rings is 2. The van der Waals surface area contributed by atoms with Gasteiger partial charge in [-0.1, -0.05) is 25.1 Å². The average Bonchev–Trinajstić information content (AvgIpc) is 2.69. The quantitative estimate of drug-likeness (QED) is 0.749. The second-order valence-electron chi connectivity index (χ2n) is 6.84. The lowest BCUT2D eigenvalue weighted by Gasteiger charge is -2.31. The van der Waals surface area contributed by atoms with E-state index in [1.165, 1.54) is 16.4 Å². The number of quaternary nitrogens is 1. The number of sulfonamides is 1. The van der Waals surface area contributed by atoms with Crippen molar-refractivity contribution in [3.63, 3.8) is 0 Å². The van der Waals surface area contributed by atoms with Crippen LogP contribution in [0.1, 0.15) is 12.5 Å². The van der Waals surface area contributed by atoms with Gasteiger partial charge in [0.15, 0.2) is 6.54 Å². The van der Waals surface area contributed by atoms with Gasteiger partial charge in [-0.05, 0) is 42.3 Å². The van der Waals surface area contributed by atoms with E-state index in [0.717, 1.165) is 34.7 Å². The zero-order chi connectivity index (χ0) is 20.1. The molecular formula is C20H25FN3O3S+. The number of hydrogen-bond acceptors (Lipinski definition) is 3. The van der Waals surface area contributed by atoms with Crippen LogP contribution >= 0.6 is 0 Å². The minimum atomic E-state index is -3.64. The monoisotopic (exact) mass is 406 g/mol. The van der Waals surface area contributed by atoms with Crippen LogP contribution in [0.25, 0.3) is 0 Å². The molecule has 1 heterocycles. The summed E-state index contributed by atoms with van der Waals surface area (Å²) in [7, 11) is -3.64. The van der Waals surface area contributed by atoms with Gasteiger partial charge >= 0.3 is 0 Å². The standard InChI is InChI=1S/C20H24FN3O3S/c1-2-16-5-3-4-6-19(16)22-20(25)15-23-11-13-24(14-12-23)28(26,27)18-9-7-17(21)8-10-18/h3-10H,2,11-15H2,1H3,(H,22,25)/p+1. The molecule has 1 fully saturated rings. The fraction of sp³-hybridized carbons (Fsp3) is 0.350. The van der Waals surface area contributed by atoms with Crippen LogP contribution in [0.2, 0.25) is 0 Å². The van der Waals surface area contributed by atoms with E-state index in [1.807, 2.05) is 31.2 Å². The minimum absolute atomic E-state index is 0.0780. The fourth-order valence-corrected chi connectivity index (χ4v) is 4.79. The summed E-state index contributed by atoms with van der Waals surface area (Å²) < 4.78 is 39.7. The summed E-state index contributed by atoms with van der Waals surface area (Å²) in [5.41, 5.74) is 1.91. The normalized spacial score (nSPS) is 16.1. The molecule has 0 atom stereocenters. The van der Waals surface area contributed by atoms with Gasteiger partial charge in [-0.3, -0.25) is 4.79 Å². The van der Waals surface area contributed by atoms with Crippen LogP contribution in [0, 0.1) is 5.82 Å². The van der Waals surface area contributed by atoms with Gasteiger partial charge in [0.1, 0.15) is 5.82 Å². The zero-order valence-corrected chi connectivity index (χ0v) is 16.6. The number of nitrogens with zero attached hydrogens (tertiary/aromatic N) is 1. The van der Waals surface area contributed by atoms with Crippen LogP contribution < -0.4 is 10.2 Å². The molecule has 0 spiro atoms. The maximum atomic E-state index is 13.0.